The Labute approximate surface area is 114 Å². The highest BCUT2D eigenvalue weighted by Gasteiger charge is 2.13. The van der Waals surface area contributed by atoms with E-state index in [0.29, 0.717) is 11.3 Å². The first-order valence-electron chi connectivity index (χ1n) is 5.82. The lowest BCUT2D eigenvalue weighted by atomic mass is 10.1. The lowest BCUT2D eigenvalue weighted by Crippen LogP contribution is -2.14. The summed E-state index contributed by atoms with van der Waals surface area (Å²) in [6, 6.07) is 7.99. The molecule has 102 valence electrons. The molecule has 0 aliphatic rings. The summed E-state index contributed by atoms with van der Waals surface area (Å²) < 4.78 is 0. The molecule has 0 saturated heterocycles. The summed E-state index contributed by atoms with van der Waals surface area (Å²) in [5.41, 5.74) is 0.961. The summed E-state index contributed by atoms with van der Waals surface area (Å²) in [5.74, 6) is -1.75. The molecule has 1 heterocycles. The Bertz CT molecular complexity index is 655. The van der Waals surface area contributed by atoms with Crippen LogP contribution in [-0.2, 0) is 11.2 Å². The number of hydrogen-bond acceptors (Lipinski definition) is 4. The van der Waals surface area contributed by atoms with Gasteiger partial charge in [-0.3, -0.25) is 14.6 Å². The smallest absolute Gasteiger partial charge is 0.307 e. The minimum absolute atomic E-state index is 0.0742. The van der Waals surface area contributed by atoms with Gasteiger partial charge in [0.15, 0.2) is 0 Å². The van der Waals surface area contributed by atoms with Gasteiger partial charge in [-0.2, -0.15) is 0 Å². The Balaban J connectivity index is 2.24. The van der Waals surface area contributed by atoms with Gasteiger partial charge in [0.2, 0.25) is 0 Å². The van der Waals surface area contributed by atoms with Gasteiger partial charge in [-0.05, 0) is 17.7 Å². The molecule has 3 N–H and O–H groups in total. The number of carboxylic acids is 1. The van der Waals surface area contributed by atoms with Crippen molar-refractivity contribution >= 4 is 17.6 Å². The van der Waals surface area contributed by atoms with Crippen LogP contribution in [0.5, 0.6) is 5.75 Å². The number of nitrogens with zero attached hydrogens (tertiary/aromatic N) is 1. The van der Waals surface area contributed by atoms with Crippen molar-refractivity contribution in [2.24, 2.45) is 0 Å². The van der Waals surface area contributed by atoms with Gasteiger partial charge in [0.25, 0.3) is 5.91 Å². The molecule has 6 nitrogen and oxygen atoms in total. The summed E-state index contributed by atoms with van der Waals surface area (Å²) in [7, 11) is 0. The van der Waals surface area contributed by atoms with Crippen LogP contribution in [0.25, 0.3) is 0 Å². The van der Waals surface area contributed by atoms with E-state index in [0.717, 1.165) is 6.20 Å². The number of aliphatic carboxylic acids is 1. The van der Waals surface area contributed by atoms with Gasteiger partial charge in [-0.1, -0.05) is 18.2 Å². The fourth-order valence-corrected chi connectivity index (χ4v) is 1.73. The van der Waals surface area contributed by atoms with E-state index in [4.69, 9.17) is 5.11 Å². The van der Waals surface area contributed by atoms with E-state index < -0.39 is 11.9 Å². The number of amides is 1. The van der Waals surface area contributed by atoms with E-state index in [-0.39, 0.29) is 17.7 Å². The normalized spacial score (nSPS) is 10.0. The van der Waals surface area contributed by atoms with Crippen LogP contribution in [0.3, 0.4) is 0 Å². The average Bonchev–Trinajstić information content (AvgIpc) is 2.41. The number of aromatic nitrogens is 1. The number of para-hydroxylation sites is 1. The molecule has 2 rings (SSSR count). The molecule has 1 aromatic heterocycles. The average molecular weight is 272 g/mol. The van der Waals surface area contributed by atoms with Crippen molar-refractivity contribution in [1.29, 1.82) is 0 Å². The first-order valence-corrected chi connectivity index (χ1v) is 5.82. The summed E-state index contributed by atoms with van der Waals surface area (Å²) in [6.07, 6.45) is 2.36. The van der Waals surface area contributed by atoms with Crippen LogP contribution in [0.2, 0.25) is 0 Å². The van der Waals surface area contributed by atoms with Crippen molar-refractivity contribution in [1.82, 2.24) is 4.98 Å². The Morgan fingerprint density at radius 3 is 2.65 bits per heavy atom. The quantitative estimate of drug-likeness (QED) is 0.786. The van der Waals surface area contributed by atoms with Crippen LogP contribution in [0.15, 0.2) is 42.7 Å². The lowest BCUT2D eigenvalue weighted by Gasteiger charge is -2.10. The highest BCUT2D eigenvalue weighted by molar-refractivity contribution is 6.06. The van der Waals surface area contributed by atoms with Crippen molar-refractivity contribution < 1.29 is 19.8 Å². The van der Waals surface area contributed by atoms with Crippen molar-refractivity contribution in [3.8, 4) is 5.75 Å². The summed E-state index contributed by atoms with van der Waals surface area (Å²) in [5, 5.41) is 21.0. The number of pyridine rings is 1. The minimum Gasteiger partial charge on any atom is -0.505 e. The number of hydrogen-bond donors (Lipinski definition) is 3. The van der Waals surface area contributed by atoms with Crippen molar-refractivity contribution in [3.05, 3.63) is 53.9 Å². The maximum atomic E-state index is 12.0. The fraction of sp³-hybridized carbons (Fsp3) is 0.0714. The van der Waals surface area contributed by atoms with Crippen LogP contribution in [0, 0.1) is 0 Å². The van der Waals surface area contributed by atoms with Gasteiger partial charge in [0.05, 0.1) is 18.2 Å². The molecule has 0 fully saturated rings. The first-order chi connectivity index (χ1) is 9.58. The number of aromatic hydroxyl groups is 1. The van der Waals surface area contributed by atoms with E-state index in [2.05, 4.69) is 10.3 Å². The number of carbonyl (C=O) groups is 2. The van der Waals surface area contributed by atoms with E-state index in [1.54, 1.807) is 24.3 Å². The molecule has 0 saturated carbocycles. The molecule has 0 radical (unpaired) electrons. The molecule has 0 aliphatic heterocycles. The highest BCUT2D eigenvalue weighted by atomic mass is 16.4. The monoisotopic (exact) mass is 272 g/mol. The second-order valence-corrected chi connectivity index (χ2v) is 4.07. The minimum atomic E-state index is -0.988. The van der Waals surface area contributed by atoms with E-state index >= 15 is 0 Å². The zero-order valence-electron chi connectivity index (χ0n) is 10.4. The molecule has 20 heavy (non-hydrogen) atoms. The third-order valence-electron chi connectivity index (χ3n) is 2.65. The largest absolute Gasteiger partial charge is 0.505 e. The van der Waals surface area contributed by atoms with Crippen molar-refractivity contribution in [2.45, 2.75) is 6.42 Å². The summed E-state index contributed by atoms with van der Waals surface area (Å²) in [6.45, 7) is 0. The van der Waals surface area contributed by atoms with Crippen molar-refractivity contribution in [2.75, 3.05) is 5.32 Å². The standard InChI is InChI=1S/C14H12N2O4/c17-12-8-15-6-5-10(12)14(20)16-11-4-2-1-3-9(11)7-13(18)19/h1-6,8,17H,7H2,(H,16,20)(H,18,19). The Morgan fingerprint density at radius 2 is 1.95 bits per heavy atom. The van der Waals surface area contributed by atoms with Crippen molar-refractivity contribution in [3.63, 3.8) is 0 Å². The predicted octanol–water partition coefficient (Wildman–Crippen LogP) is 1.67. The highest BCUT2D eigenvalue weighted by Crippen LogP contribution is 2.19. The Kier molecular flexibility index (Phi) is 3.95. The molecule has 6 heteroatoms. The second-order valence-electron chi connectivity index (χ2n) is 4.07. The summed E-state index contributed by atoms with van der Waals surface area (Å²) in [4.78, 5) is 26.5. The van der Waals surface area contributed by atoms with E-state index in [1.807, 2.05) is 0 Å². The number of carboxylic acid groups (broad SMARTS) is 1. The van der Waals surface area contributed by atoms with Crippen LogP contribution < -0.4 is 5.32 Å². The zero-order valence-corrected chi connectivity index (χ0v) is 10.4. The lowest BCUT2D eigenvalue weighted by molar-refractivity contribution is -0.136. The maximum Gasteiger partial charge on any atom is 0.307 e. The van der Waals surface area contributed by atoms with Gasteiger partial charge in [-0.25, -0.2) is 0 Å². The van der Waals surface area contributed by atoms with Crippen LogP contribution in [-0.4, -0.2) is 27.1 Å². The number of nitrogens with one attached hydrogen (secondary N) is 1. The van der Waals surface area contributed by atoms with Gasteiger partial charge >= 0.3 is 5.97 Å². The van der Waals surface area contributed by atoms with Gasteiger partial charge < -0.3 is 15.5 Å². The molecule has 1 amide bonds. The number of anilines is 1. The predicted molar refractivity (Wildman–Crippen MR) is 71.6 cm³/mol. The zero-order chi connectivity index (χ0) is 14.5. The molecule has 0 atom stereocenters. The molecular weight excluding hydrogens is 260 g/mol. The number of carbonyl (C=O) groups excluding carboxylic acids is 1. The first kappa shape index (κ1) is 13.5. The van der Waals surface area contributed by atoms with E-state index in [9.17, 15) is 14.7 Å². The van der Waals surface area contributed by atoms with Gasteiger partial charge in [0, 0.05) is 11.9 Å². The van der Waals surface area contributed by atoms with Crippen LogP contribution in [0.1, 0.15) is 15.9 Å². The number of benzene rings is 1. The second kappa shape index (κ2) is 5.83. The number of rotatable bonds is 4. The van der Waals surface area contributed by atoms with Crippen LogP contribution in [0.4, 0.5) is 5.69 Å². The Hall–Kier alpha value is -2.89. The summed E-state index contributed by atoms with van der Waals surface area (Å²) >= 11 is 0. The van der Waals surface area contributed by atoms with Crippen LogP contribution >= 0.6 is 0 Å². The molecule has 0 bridgehead atoms. The van der Waals surface area contributed by atoms with E-state index in [1.165, 1.54) is 12.3 Å². The molecule has 0 aliphatic carbocycles. The SMILES string of the molecule is O=C(O)Cc1ccccc1NC(=O)c1ccncc1O. The molecule has 1 aromatic carbocycles. The topological polar surface area (TPSA) is 99.5 Å². The molecule has 0 unspecified atom stereocenters. The maximum absolute atomic E-state index is 12.0. The fourth-order valence-electron chi connectivity index (χ4n) is 1.73. The van der Waals surface area contributed by atoms with Gasteiger partial charge in [-0.15, -0.1) is 0 Å². The van der Waals surface area contributed by atoms with Gasteiger partial charge in [0.1, 0.15) is 5.75 Å². The third kappa shape index (κ3) is 3.11. The molecule has 0 spiro atoms. The molecular formula is C14H12N2O4. The molecule has 2 aromatic rings. The Morgan fingerprint density at radius 1 is 1.20 bits per heavy atom. The third-order valence-corrected chi connectivity index (χ3v) is 2.65.